The molecule has 2 N–H and O–H groups in total. The van der Waals surface area contributed by atoms with Gasteiger partial charge >= 0.3 is 14.5 Å². The van der Waals surface area contributed by atoms with Gasteiger partial charge in [0.1, 0.15) is 0 Å². The van der Waals surface area contributed by atoms with Crippen molar-refractivity contribution in [2.75, 3.05) is 5.32 Å². The Kier molecular flexibility index (Phi) is 5.95. The van der Waals surface area contributed by atoms with Gasteiger partial charge in [0.05, 0.1) is 0 Å². The van der Waals surface area contributed by atoms with Gasteiger partial charge in [-0.25, -0.2) is 4.79 Å². The minimum atomic E-state index is -0.536. The van der Waals surface area contributed by atoms with E-state index < -0.39 is 8.46 Å². The third-order valence-corrected chi connectivity index (χ3v) is 3.10. The lowest BCUT2D eigenvalue weighted by molar-refractivity contribution is 0.251. The lowest BCUT2D eigenvalue weighted by Crippen LogP contribution is -2.34. The maximum atomic E-state index is 11.6. The minimum Gasteiger partial charge on any atom is -0.308 e. The third kappa shape index (κ3) is 5.16. The quantitative estimate of drug-likeness (QED) is 0.805. The molecule has 2 unspecified atom stereocenters. The number of anilines is 1. The molecule has 0 fully saturated rings. The van der Waals surface area contributed by atoms with Crippen LogP contribution in [0.15, 0.2) is 24.3 Å². The lowest BCUT2D eigenvalue weighted by atomic mass is 10.3. The number of hydrogen-bond acceptors (Lipinski definition) is 2. The molecule has 6 heteroatoms. The molecule has 0 heterocycles. The first-order valence-electron chi connectivity index (χ1n) is 5.36. The highest BCUT2D eigenvalue weighted by Crippen LogP contribution is 2.14. The van der Waals surface area contributed by atoms with Crippen molar-refractivity contribution < 1.29 is 9.36 Å². The summed E-state index contributed by atoms with van der Waals surface area (Å²) in [6.45, 7) is 1.98. The Bertz CT molecular complexity index is 384. The van der Waals surface area contributed by atoms with Crippen LogP contribution in [0, 0.1) is 0 Å². The number of amides is 2. The first kappa shape index (κ1) is 13.9. The Balaban J connectivity index is 2.48. The van der Waals surface area contributed by atoms with E-state index >= 15 is 0 Å². The van der Waals surface area contributed by atoms with Gasteiger partial charge < -0.3 is 5.32 Å². The normalized spacial score (nSPS) is 12.1. The number of benzene rings is 1. The van der Waals surface area contributed by atoms with Crippen molar-refractivity contribution in [3.05, 3.63) is 29.3 Å². The van der Waals surface area contributed by atoms with Crippen LogP contribution in [0.25, 0.3) is 0 Å². The van der Waals surface area contributed by atoms with Gasteiger partial charge in [0, 0.05) is 17.1 Å². The molecule has 0 aromatic heterocycles. The fraction of sp³-hybridized carbons (Fsp3) is 0.364. The molecule has 0 spiro atoms. The van der Waals surface area contributed by atoms with E-state index in [0.29, 0.717) is 17.1 Å². The van der Waals surface area contributed by atoms with Crippen LogP contribution >= 0.6 is 20.1 Å². The number of rotatable bonds is 5. The fourth-order valence-corrected chi connectivity index (χ4v) is 2.03. The van der Waals surface area contributed by atoms with Gasteiger partial charge in [0.25, 0.3) is 0 Å². The fourth-order valence-electron chi connectivity index (χ4n) is 1.31. The average molecular weight is 274 g/mol. The molecule has 17 heavy (non-hydrogen) atoms. The number of carbonyl (C=O) groups is 1. The van der Waals surface area contributed by atoms with Crippen molar-refractivity contribution in [3.63, 3.8) is 0 Å². The zero-order valence-electron chi connectivity index (χ0n) is 9.50. The Labute approximate surface area is 107 Å². The van der Waals surface area contributed by atoms with Crippen molar-refractivity contribution in [1.29, 1.82) is 0 Å². The molecule has 92 valence electrons. The Morgan fingerprint density at radius 2 is 2.06 bits per heavy atom. The summed E-state index contributed by atoms with van der Waals surface area (Å²) in [5, 5.41) is 5.91. The van der Waals surface area contributed by atoms with E-state index in [-0.39, 0.29) is 11.8 Å². The molecule has 1 aromatic carbocycles. The molecule has 0 saturated carbocycles. The van der Waals surface area contributed by atoms with E-state index in [4.69, 9.17) is 11.6 Å². The molecular formula is C11H15ClN2O2P+. The van der Waals surface area contributed by atoms with Gasteiger partial charge in [-0.15, -0.1) is 0 Å². The summed E-state index contributed by atoms with van der Waals surface area (Å²) in [5.41, 5.74) is 0.649. The zero-order chi connectivity index (χ0) is 12.7. The van der Waals surface area contributed by atoms with Crippen molar-refractivity contribution in [2.45, 2.75) is 25.5 Å². The van der Waals surface area contributed by atoms with Gasteiger partial charge in [0.15, 0.2) is 0 Å². The molecule has 1 rings (SSSR count). The second kappa shape index (κ2) is 7.25. The summed E-state index contributed by atoms with van der Waals surface area (Å²) >= 11 is 5.73. The van der Waals surface area contributed by atoms with E-state index in [1.165, 1.54) is 0 Å². The topological polar surface area (TPSA) is 58.2 Å². The Hall–Kier alpha value is -1.12. The third-order valence-electron chi connectivity index (χ3n) is 2.13. The predicted molar refractivity (Wildman–Crippen MR) is 71.3 cm³/mol. The van der Waals surface area contributed by atoms with Crippen molar-refractivity contribution in [2.24, 2.45) is 0 Å². The van der Waals surface area contributed by atoms with Gasteiger partial charge in [-0.05, 0) is 30.7 Å². The molecule has 0 saturated heterocycles. The van der Waals surface area contributed by atoms with E-state index in [1.54, 1.807) is 24.3 Å². The zero-order valence-corrected chi connectivity index (χ0v) is 11.3. The second-order valence-corrected chi connectivity index (χ2v) is 4.93. The number of carbonyl (C=O) groups excluding carboxylic acids is 1. The highest BCUT2D eigenvalue weighted by molar-refractivity contribution is 7.24. The highest BCUT2D eigenvalue weighted by Gasteiger charge is 2.17. The van der Waals surface area contributed by atoms with Crippen LogP contribution < -0.4 is 10.6 Å². The van der Waals surface area contributed by atoms with E-state index in [9.17, 15) is 9.36 Å². The molecule has 1 aromatic rings. The maximum Gasteiger partial charge on any atom is 0.349 e. The van der Waals surface area contributed by atoms with Crippen LogP contribution in [0.2, 0.25) is 5.02 Å². The van der Waals surface area contributed by atoms with Crippen molar-refractivity contribution in [1.82, 2.24) is 5.32 Å². The Morgan fingerprint density at radius 1 is 1.41 bits per heavy atom. The molecular weight excluding hydrogens is 259 g/mol. The van der Waals surface area contributed by atoms with Gasteiger partial charge in [0.2, 0.25) is 5.78 Å². The summed E-state index contributed by atoms with van der Waals surface area (Å²) in [7, 11) is -0.536. The van der Waals surface area contributed by atoms with Crippen LogP contribution in [0.3, 0.4) is 0 Å². The molecule has 0 aliphatic carbocycles. The van der Waals surface area contributed by atoms with Crippen molar-refractivity contribution >= 4 is 31.8 Å². The minimum absolute atomic E-state index is 0.285. The molecule has 0 aliphatic heterocycles. The number of urea groups is 1. The lowest BCUT2D eigenvalue weighted by Gasteiger charge is -2.08. The van der Waals surface area contributed by atoms with Crippen molar-refractivity contribution in [3.8, 4) is 0 Å². The van der Waals surface area contributed by atoms with E-state index in [2.05, 4.69) is 10.6 Å². The van der Waals surface area contributed by atoms with Crippen LogP contribution in [-0.4, -0.2) is 11.8 Å². The standard InChI is InChI=1S/C11H14ClN2O2P/c1-2-3-10(17-16)14-11(15)13-9-6-4-8(12)5-7-9/h4-7,10H,2-3H2,1H3,(H2,13,14,15)/p+1. The summed E-state index contributed by atoms with van der Waals surface area (Å²) in [6.07, 6.45) is 1.58. The van der Waals surface area contributed by atoms with Crippen LogP contribution in [0.1, 0.15) is 19.8 Å². The second-order valence-electron chi connectivity index (χ2n) is 3.56. The van der Waals surface area contributed by atoms with E-state index in [1.807, 2.05) is 6.92 Å². The van der Waals surface area contributed by atoms with Crippen LogP contribution in [-0.2, 0) is 4.57 Å². The monoisotopic (exact) mass is 273 g/mol. The summed E-state index contributed by atoms with van der Waals surface area (Å²) in [6, 6.07) is 6.44. The summed E-state index contributed by atoms with van der Waals surface area (Å²) < 4.78 is 10.8. The number of hydrogen-bond donors (Lipinski definition) is 2. The van der Waals surface area contributed by atoms with Crippen LogP contribution in [0.4, 0.5) is 10.5 Å². The van der Waals surface area contributed by atoms with Crippen LogP contribution in [0.5, 0.6) is 0 Å². The Morgan fingerprint density at radius 3 is 2.59 bits per heavy atom. The predicted octanol–water partition coefficient (Wildman–Crippen LogP) is 3.61. The summed E-state index contributed by atoms with van der Waals surface area (Å²) in [4.78, 5) is 11.6. The first-order valence-corrected chi connectivity index (χ1v) is 6.72. The first-order chi connectivity index (χ1) is 8.15. The number of halogens is 1. The maximum absolute atomic E-state index is 11.6. The largest absolute Gasteiger partial charge is 0.349 e. The van der Waals surface area contributed by atoms with Gasteiger partial charge in [-0.3, -0.25) is 5.32 Å². The average Bonchev–Trinajstić information content (AvgIpc) is 2.31. The smallest absolute Gasteiger partial charge is 0.308 e. The molecule has 0 aliphatic rings. The van der Waals surface area contributed by atoms with Gasteiger partial charge in [-0.2, -0.15) is 0 Å². The molecule has 2 amide bonds. The molecule has 4 nitrogen and oxygen atoms in total. The van der Waals surface area contributed by atoms with Gasteiger partial charge in [-0.1, -0.05) is 23.1 Å². The molecule has 0 bridgehead atoms. The van der Waals surface area contributed by atoms with E-state index in [0.717, 1.165) is 6.42 Å². The number of nitrogens with one attached hydrogen (secondary N) is 2. The molecule has 2 atom stereocenters. The summed E-state index contributed by atoms with van der Waals surface area (Å²) in [5.74, 6) is -0.285. The molecule has 0 radical (unpaired) electrons. The SMILES string of the molecule is CCCC(NC(=O)Nc1ccc(Cl)cc1)[PH+]=O. The highest BCUT2D eigenvalue weighted by atomic mass is 35.5.